The van der Waals surface area contributed by atoms with E-state index >= 15 is 0 Å². The van der Waals surface area contributed by atoms with Crippen molar-refractivity contribution < 1.29 is 0 Å². The molecule has 0 aromatic heterocycles. The molecule has 2 aliphatic carbocycles. The van der Waals surface area contributed by atoms with E-state index in [0.717, 1.165) is 10.9 Å². The van der Waals surface area contributed by atoms with Crippen LogP contribution in [0.25, 0.3) is 0 Å². The maximum atomic E-state index is 6.11. The van der Waals surface area contributed by atoms with Crippen molar-refractivity contribution in [2.75, 3.05) is 0 Å². The van der Waals surface area contributed by atoms with E-state index in [-0.39, 0.29) is 0 Å². The highest BCUT2D eigenvalue weighted by Crippen LogP contribution is 2.35. The number of hydrogen-bond donors (Lipinski definition) is 1. The molecule has 2 heteroatoms. The van der Waals surface area contributed by atoms with E-state index < -0.39 is 0 Å². The second-order valence-corrected chi connectivity index (χ2v) is 6.95. The summed E-state index contributed by atoms with van der Waals surface area (Å²) in [4.78, 5) is 0. The Kier molecular flexibility index (Phi) is 4.68. The molecule has 2 unspecified atom stereocenters. The summed E-state index contributed by atoms with van der Waals surface area (Å²) in [5.41, 5.74) is 2.94. The molecule has 1 saturated carbocycles. The standard InChI is InChI=1S/C18H26ClN/c1-2-17(13-6-4-3-5-7-13)20-18-11-8-14-12-15(19)9-10-16(14)18/h9-10,12-13,17-18,20H,2-8,11H2,1H3. The van der Waals surface area contributed by atoms with Crippen molar-refractivity contribution in [3.8, 4) is 0 Å². The number of benzene rings is 1. The zero-order valence-electron chi connectivity index (χ0n) is 12.5. The molecule has 3 rings (SSSR count). The van der Waals surface area contributed by atoms with Crippen LogP contribution in [0.15, 0.2) is 18.2 Å². The number of halogens is 1. The highest BCUT2D eigenvalue weighted by atomic mass is 35.5. The van der Waals surface area contributed by atoms with Gasteiger partial charge in [0.25, 0.3) is 0 Å². The fourth-order valence-electron chi connectivity index (χ4n) is 4.14. The molecule has 110 valence electrons. The predicted molar refractivity (Wildman–Crippen MR) is 86.3 cm³/mol. The number of nitrogens with one attached hydrogen (secondary N) is 1. The van der Waals surface area contributed by atoms with Crippen molar-refractivity contribution in [3.63, 3.8) is 0 Å². The number of hydrogen-bond acceptors (Lipinski definition) is 1. The highest BCUT2D eigenvalue weighted by Gasteiger charge is 2.28. The van der Waals surface area contributed by atoms with Crippen molar-refractivity contribution in [2.24, 2.45) is 5.92 Å². The number of aryl methyl sites for hydroxylation is 1. The van der Waals surface area contributed by atoms with Crippen molar-refractivity contribution >= 4 is 11.6 Å². The van der Waals surface area contributed by atoms with Crippen LogP contribution < -0.4 is 5.32 Å². The van der Waals surface area contributed by atoms with Crippen LogP contribution in [0.1, 0.15) is 69.0 Å². The first-order chi connectivity index (χ1) is 9.78. The van der Waals surface area contributed by atoms with E-state index in [1.807, 2.05) is 6.07 Å². The Labute approximate surface area is 128 Å². The number of fused-ring (bicyclic) bond motifs is 1. The first-order valence-electron chi connectivity index (χ1n) is 8.32. The lowest BCUT2D eigenvalue weighted by molar-refractivity contribution is 0.245. The van der Waals surface area contributed by atoms with Crippen LogP contribution in [0.5, 0.6) is 0 Å². The van der Waals surface area contributed by atoms with E-state index in [0.29, 0.717) is 12.1 Å². The van der Waals surface area contributed by atoms with Gasteiger partial charge in [0.05, 0.1) is 0 Å². The largest absolute Gasteiger partial charge is 0.307 e. The molecule has 0 saturated heterocycles. The van der Waals surface area contributed by atoms with Crippen molar-refractivity contribution in [1.29, 1.82) is 0 Å². The normalized spacial score (nSPS) is 24.6. The molecule has 1 aromatic rings. The molecule has 0 aliphatic heterocycles. The van der Waals surface area contributed by atoms with E-state index in [1.165, 1.54) is 62.5 Å². The van der Waals surface area contributed by atoms with Gasteiger partial charge in [0.15, 0.2) is 0 Å². The van der Waals surface area contributed by atoms with Gasteiger partial charge < -0.3 is 5.32 Å². The predicted octanol–water partition coefficient (Wildman–Crippen LogP) is 5.28. The highest BCUT2D eigenvalue weighted by molar-refractivity contribution is 6.30. The van der Waals surface area contributed by atoms with Gasteiger partial charge in [0, 0.05) is 17.1 Å². The van der Waals surface area contributed by atoms with E-state index in [9.17, 15) is 0 Å². The Bertz CT molecular complexity index is 451. The molecular weight excluding hydrogens is 266 g/mol. The van der Waals surface area contributed by atoms with Crippen LogP contribution in [0, 0.1) is 5.92 Å². The van der Waals surface area contributed by atoms with Crippen molar-refractivity contribution in [1.82, 2.24) is 5.32 Å². The summed E-state index contributed by atoms with van der Waals surface area (Å²) in [7, 11) is 0. The SMILES string of the molecule is CCC(NC1CCc2cc(Cl)ccc21)C1CCCCC1. The summed E-state index contributed by atoms with van der Waals surface area (Å²) in [6.07, 6.45) is 10.8. The van der Waals surface area contributed by atoms with Gasteiger partial charge in [-0.25, -0.2) is 0 Å². The van der Waals surface area contributed by atoms with Gasteiger partial charge in [-0.05, 0) is 61.3 Å². The smallest absolute Gasteiger partial charge is 0.0408 e. The minimum atomic E-state index is 0.550. The van der Waals surface area contributed by atoms with Gasteiger partial charge in [-0.15, -0.1) is 0 Å². The van der Waals surface area contributed by atoms with Crippen molar-refractivity contribution in [2.45, 2.75) is 70.4 Å². The second kappa shape index (κ2) is 6.49. The average Bonchev–Trinajstić information content (AvgIpc) is 2.87. The topological polar surface area (TPSA) is 12.0 Å². The third kappa shape index (κ3) is 3.04. The van der Waals surface area contributed by atoms with Crippen LogP contribution in [0.2, 0.25) is 5.02 Å². The van der Waals surface area contributed by atoms with Gasteiger partial charge in [-0.2, -0.15) is 0 Å². The lowest BCUT2D eigenvalue weighted by Gasteiger charge is -2.32. The van der Waals surface area contributed by atoms with Crippen molar-refractivity contribution in [3.05, 3.63) is 34.3 Å². The zero-order valence-corrected chi connectivity index (χ0v) is 13.3. The summed E-state index contributed by atoms with van der Waals surface area (Å²) < 4.78 is 0. The second-order valence-electron chi connectivity index (χ2n) is 6.51. The Morgan fingerprint density at radius 2 is 2.00 bits per heavy atom. The maximum absolute atomic E-state index is 6.11. The first kappa shape index (κ1) is 14.4. The van der Waals surface area contributed by atoms with Crippen LogP contribution in [0.4, 0.5) is 0 Å². The van der Waals surface area contributed by atoms with Crippen LogP contribution >= 0.6 is 11.6 Å². The van der Waals surface area contributed by atoms with Crippen LogP contribution in [-0.4, -0.2) is 6.04 Å². The minimum absolute atomic E-state index is 0.550. The Morgan fingerprint density at radius 3 is 2.75 bits per heavy atom. The van der Waals surface area contributed by atoms with Gasteiger partial charge in [0.1, 0.15) is 0 Å². The average molecular weight is 292 g/mol. The number of rotatable bonds is 4. The van der Waals surface area contributed by atoms with Gasteiger partial charge in [-0.1, -0.05) is 43.9 Å². The molecule has 0 spiro atoms. The molecule has 0 heterocycles. The zero-order chi connectivity index (χ0) is 13.9. The molecule has 2 aliphatic rings. The summed E-state index contributed by atoms with van der Waals surface area (Å²) in [6, 6.07) is 7.67. The third-order valence-electron chi connectivity index (χ3n) is 5.26. The molecule has 2 atom stereocenters. The molecule has 1 N–H and O–H groups in total. The minimum Gasteiger partial charge on any atom is -0.307 e. The van der Waals surface area contributed by atoms with E-state index in [2.05, 4.69) is 24.4 Å². The quantitative estimate of drug-likeness (QED) is 0.796. The lowest BCUT2D eigenvalue weighted by atomic mass is 9.82. The Balaban J connectivity index is 1.68. The summed E-state index contributed by atoms with van der Waals surface area (Å²) in [6.45, 7) is 2.34. The molecule has 1 nitrogen and oxygen atoms in total. The summed E-state index contributed by atoms with van der Waals surface area (Å²) in [5, 5.41) is 4.85. The summed E-state index contributed by atoms with van der Waals surface area (Å²) >= 11 is 6.11. The molecule has 1 aromatic carbocycles. The Hall–Kier alpha value is -0.530. The monoisotopic (exact) mass is 291 g/mol. The van der Waals surface area contributed by atoms with Gasteiger partial charge in [-0.3, -0.25) is 0 Å². The molecule has 0 bridgehead atoms. The van der Waals surface area contributed by atoms with Gasteiger partial charge in [0.2, 0.25) is 0 Å². The molecule has 20 heavy (non-hydrogen) atoms. The molecule has 0 radical (unpaired) electrons. The van der Waals surface area contributed by atoms with Crippen LogP contribution in [0.3, 0.4) is 0 Å². The maximum Gasteiger partial charge on any atom is 0.0408 e. The lowest BCUT2D eigenvalue weighted by Crippen LogP contribution is -2.38. The van der Waals surface area contributed by atoms with Crippen LogP contribution in [-0.2, 0) is 6.42 Å². The fourth-order valence-corrected chi connectivity index (χ4v) is 4.34. The molecule has 1 fully saturated rings. The summed E-state index contributed by atoms with van der Waals surface area (Å²) in [5.74, 6) is 0.894. The Morgan fingerprint density at radius 1 is 1.20 bits per heavy atom. The van der Waals surface area contributed by atoms with E-state index in [4.69, 9.17) is 11.6 Å². The third-order valence-corrected chi connectivity index (χ3v) is 5.49. The fraction of sp³-hybridized carbons (Fsp3) is 0.667. The first-order valence-corrected chi connectivity index (χ1v) is 8.70. The molecule has 0 amide bonds. The van der Waals surface area contributed by atoms with Gasteiger partial charge >= 0.3 is 0 Å². The van der Waals surface area contributed by atoms with E-state index in [1.54, 1.807) is 0 Å². The molecular formula is C18H26ClN.